The average Bonchev–Trinajstić information content (AvgIpc) is 2.17. The van der Waals surface area contributed by atoms with E-state index < -0.39 is 0 Å². The van der Waals surface area contributed by atoms with Crippen LogP contribution in [-0.4, -0.2) is 25.3 Å². The Hall–Kier alpha value is -0.340. The summed E-state index contributed by atoms with van der Waals surface area (Å²) >= 11 is 0. The number of nitrogens with one attached hydrogen (secondary N) is 1. The van der Waals surface area contributed by atoms with Gasteiger partial charge in [-0.25, -0.2) is 0 Å². The normalized spacial score (nSPS) is 14.1. The maximum absolute atomic E-state index is 5.92. The van der Waals surface area contributed by atoms with Crippen LogP contribution in [-0.2, 0) is 4.74 Å². The van der Waals surface area contributed by atoms with Crippen LogP contribution in [0, 0.1) is 0 Å². The summed E-state index contributed by atoms with van der Waals surface area (Å²) in [4.78, 5) is 0. The molecule has 0 aromatic rings. The first kappa shape index (κ1) is 13.7. The maximum Gasteiger partial charge on any atom is 0.0867 e. The van der Waals surface area contributed by atoms with Gasteiger partial charge >= 0.3 is 0 Å². The minimum absolute atomic E-state index is 0.0880. The minimum atomic E-state index is -0.0880. The Morgan fingerprint density at radius 3 is 2.07 bits per heavy atom. The average molecular weight is 199 g/mol. The molecule has 14 heavy (non-hydrogen) atoms. The Balaban J connectivity index is 4.82. The van der Waals surface area contributed by atoms with Crippen LogP contribution in [0.4, 0.5) is 0 Å². The van der Waals surface area contributed by atoms with Crippen molar-refractivity contribution in [2.45, 2.75) is 52.2 Å². The number of likely N-dealkylation sites (N-methyl/N-ethyl adjacent to an activating group) is 1. The third-order valence-electron chi connectivity index (χ3n) is 2.94. The lowest BCUT2D eigenvalue weighted by molar-refractivity contribution is -0.0621. The summed E-state index contributed by atoms with van der Waals surface area (Å²) in [5.41, 5.74) is 1.06. The number of hydrogen-bond acceptors (Lipinski definition) is 2. The SMILES string of the molecule is C=C(C)C(NC)C(CC)(CC)OCC. The summed E-state index contributed by atoms with van der Waals surface area (Å²) in [5, 5.41) is 3.30. The van der Waals surface area contributed by atoms with Gasteiger partial charge in [0.05, 0.1) is 11.6 Å². The highest BCUT2D eigenvalue weighted by molar-refractivity contribution is 5.11. The van der Waals surface area contributed by atoms with E-state index in [0.29, 0.717) is 0 Å². The van der Waals surface area contributed by atoms with Gasteiger partial charge in [-0.05, 0) is 33.7 Å². The van der Waals surface area contributed by atoms with Gasteiger partial charge in [0, 0.05) is 6.61 Å². The van der Waals surface area contributed by atoms with Crippen molar-refractivity contribution in [2.24, 2.45) is 0 Å². The van der Waals surface area contributed by atoms with Crippen molar-refractivity contribution >= 4 is 0 Å². The van der Waals surface area contributed by atoms with Crippen LogP contribution in [0.15, 0.2) is 12.2 Å². The molecule has 2 heteroatoms. The van der Waals surface area contributed by atoms with Crippen molar-refractivity contribution in [2.75, 3.05) is 13.7 Å². The lowest BCUT2D eigenvalue weighted by Gasteiger charge is -2.39. The summed E-state index contributed by atoms with van der Waals surface area (Å²) in [7, 11) is 1.97. The second kappa shape index (κ2) is 6.20. The summed E-state index contributed by atoms with van der Waals surface area (Å²) in [6.45, 7) is 13.2. The molecule has 0 saturated heterocycles. The molecule has 0 heterocycles. The zero-order valence-corrected chi connectivity index (χ0v) is 10.3. The van der Waals surface area contributed by atoms with E-state index in [1.54, 1.807) is 0 Å². The van der Waals surface area contributed by atoms with Gasteiger partial charge in [0.1, 0.15) is 0 Å². The number of rotatable bonds is 7. The topological polar surface area (TPSA) is 21.3 Å². The third kappa shape index (κ3) is 2.82. The van der Waals surface area contributed by atoms with Crippen molar-refractivity contribution in [1.29, 1.82) is 0 Å². The van der Waals surface area contributed by atoms with Crippen LogP contribution in [0.2, 0.25) is 0 Å². The molecule has 2 nitrogen and oxygen atoms in total. The van der Waals surface area contributed by atoms with Crippen LogP contribution in [0.3, 0.4) is 0 Å². The molecular weight excluding hydrogens is 174 g/mol. The Morgan fingerprint density at radius 1 is 1.36 bits per heavy atom. The summed E-state index contributed by atoms with van der Waals surface area (Å²) in [6.07, 6.45) is 2.02. The molecule has 0 aliphatic heterocycles. The second-order valence-corrected chi connectivity index (χ2v) is 3.77. The summed E-state index contributed by atoms with van der Waals surface area (Å²) in [5.74, 6) is 0. The molecule has 0 aliphatic carbocycles. The molecule has 0 rings (SSSR count). The predicted molar refractivity (Wildman–Crippen MR) is 62.6 cm³/mol. The predicted octanol–water partition coefficient (Wildman–Crippen LogP) is 2.75. The number of hydrogen-bond donors (Lipinski definition) is 1. The smallest absolute Gasteiger partial charge is 0.0867 e. The van der Waals surface area contributed by atoms with Crippen LogP contribution in [0.5, 0.6) is 0 Å². The minimum Gasteiger partial charge on any atom is -0.373 e. The Morgan fingerprint density at radius 2 is 1.86 bits per heavy atom. The molecule has 0 aliphatic rings. The van der Waals surface area contributed by atoms with Crippen molar-refractivity contribution in [1.82, 2.24) is 5.32 Å². The molecule has 1 unspecified atom stereocenters. The highest BCUT2D eigenvalue weighted by atomic mass is 16.5. The fourth-order valence-electron chi connectivity index (χ4n) is 2.19. The standard InChI is InChI=1S/C12H25NO/c1-7-12(8-2,14-9-3)11(13-6)10(4)5/h11,13H,4,7-9H2,1-3,5-6H3. The largest absolute Gasteiger partial charge is 0.373 e. The highest BCUT2D eigenvalue weighted by Crippen LogP contribution is 2.28. The molecule has 84 valence electrons. The lowest BCUT2D eigenvalue weighted by atomic mass is 9.84. The first-order valence-corrected chi connectivity index (χ1v) is 5.54. The van der Waals surface area contributed by atoms with Gasteiger partial charge in [0.15, 0.2) is 0 Å². The van der Waals surface area contributed by atoms with E-state index in [4.69, 9.17) is 4.74 Å². The zero-order chi connectivity index (χ0) is 11.2. The number of ether oxygens (including phenoxy) is 1. The Labute approximate surface area is 88.7 Å². The van der Waals surface area contributed by atoms with E-state index in [2.05, 4.69) is 32.7 Å². The van der Waals surface area contributed by atoms with Gasteiger partial charge in [-0.3, -0.25) is 0 Å². The van der Waals surface area contributed by atoms with Gasteiger partial charge in [0.25, 0.3) is 0 Å². The van der Waals surface area contributed by atoms with Crippen molar-refractivity contribution < 1.29 is 4.74 Å². The van der Waals surface area contributed by atoms with E-state index >= 15 is 0 Å². The molecule has 0 spiro atoms. The Kier molecular flexibility index (Phi) is 6.05. The molecular formula is C12H25NO. The van der Waals surface area contributed by atoms with Gasteiger partial charge in [-0.2, -0.15) is 0 Å². The molecule has 0 amide bonds. The fourth-order valence-corrected chi connectivity index (χ4v) is 2.19. The molecule has 0 aromatic heterocycles. The van der Waals surface area contributed by atoms with Crippen molar-refractivity contribution in [3.05, 3.63) is 12.2 Å². The van der Waals surface area contributed by atoms with Gasteiger partial charge in [0.2, 0.25) is 0 Å². The second-order valence-electron chi connectivity index (χ2n) is 3.77. The summed E-state index contributed by atoms with van der Waals surface area (Å²) < 4.78 is 5.92. The molecule has 1 N–H and O–H groups in total. The maximum atomic E-state index is 5.92. The first-order chi connectivity index (χ1) is 6.57. The van der Waals surface area contributed by atoms with E-state index in [1.165, 1.54) is 0 Å². The highest BCUT2D eigenvalue weighted by Gasteiger charge is 2.35. The Bertz CT molecular complexity index is 173. The van der Waals surface area contributed by atoms with Crippen LogP contribution < -0.4 is 5.32 Å². The molecule has 0 radical (unpaired) electrons. The van der Waals surface area contributed by atoms with E-state index in [1.807, 2.05) is 14.0 Å². The van der Waals surface area contributed by atoms with Crippen LogP contribution >= 0.6 is 0 Å². The molecule has 0 fully saturated rings. The van der Waals surface area contributed by atoms with Crippen LogP contribution in [0.1, 0.15) is 40.5 Å². The quantitative estimate of drug-likeness (QED) is 0.637. The molecule has 0 aromatic carbocycles. The third-order valence-corrected chi connectivity index (χ3v) is 2.94. The summed E-state index contributed by atoms with van der Waals surface area (Å²) in [6, 6.07) is 0.248. The lowest BCUT2D eigenvalue weighted by Crippen LogP contribution is -2.51. The van der Waals surface area contributed by atoms with Gasteiger partial charge in [-0.15, -0.1) is 0 Å². The molecule has 0 bridgehead atoms. The zero-order valence-electron chi connectivity index (χ0n) is 10.3. The van der Waals surface area contributed by atoms with E-state index in [-0.39, 0.29) is 11.6 Å². The van der Waals surface area contributed by atoms with Gasteiger partial charge < -0.3 is 10.1 Å². The first-order valence-electron chi connectivity index (χ1n) is 5.54. The molecule has 1 atom stereocenters. The fraction of sp³-hybridized carbons (Fsp3) is 0.833. The van der Waals surface area contributed by atoms with Crippen molar-refractivity contribution in [3.8, 4) is 0 Å². The van der Waals surface area contributed by atoms with Crippen molar-refractivity contribution in [3.63, 3.8) is 0 Å². The van der Waals surface area contributed by atoms with Crippen LogP contribution in [0.25, 0.3) is 0 Å². The molecule has 0 saturated carbocycles. The monoisotopic (exact) mass is 199 g/mol. The van der Waals surface area contributed by atoms with Gasteiger partial charge in [-0.1, -0.05) is 26.0 Å². The van der Waals surface area contributed by atoms with E-state index in [0.717, 1.165) is 25.0 Å². The van der Waals surface area contributed by atoms with E-state index in [9.17, 15) is 0 Å².